The Morgan fingerprint density at radius 1 is 0.971 bits per heavy atom. The summed E-state index contributed by atoms with van der Waals surface area (Å²) in [4.78, 5) is 13.8. The molecule has 0 saturated heterocycles. The number of para-hydroxylation sites is 3. The summed E-state index contributed by atoms with van der Waals surface area (Å²) in [6.07, 6.45) is 2.21. The van der Waals surface area contributed by atoms with E-state index in [4.69, 9.17) is 16.3 Å². The van der Waals surface area contributed by atoms with Crippen molar-refractivity contribution in [2.75, 3.05) is 10.6 Å². The van der Waals surface area contributed by atoms with Crippen LogP contribution in [0.25, 0.3) is 0 Å². The maximum atomic E-state index is 13.8. The lowest BCUT2D eigenvalue weighted by molar-refractivity contribution is -0.116. The highest BCUT2D eigenvalue weighted by atomic mass is 35.5. The third kappa shape index (κ3) is 4.43. The molecular weight excluding hydrogens is 444 g/mol. The smallest absolute Gasteiger partial charge is 0.163 e. The van der Waals surface area contributed by atoms with Gasteiger partial charge in [-0.2, -0.15) is 0 Å². The molecule has 0 radical (unpaired) electrons. The third-order valence-electron chi connectivity index (χ3n) is 6.78. The van der Waals surface area contributed by atoms with Gasteiger partial charge in [-0.3, -0.25) is 4.79 Å². The molecule has 3 aromatic carbocycles. The van der Waals surface area contributed by atoms with Crippen LogP contribution >= 0.6 is 11.6 Å². The minimum Gasteiger partial charge on any atom is -0.490 e. The predicted molar refractivity (Wildman–Crippen MR) is 139 cm³/mol. The number of ether oxygens (including phenoxy) is 1. The molecule has 1 aliphatic heterocycles. The van der Waals surface area contributed by atoms with Gasteiger partial charge in [0.25, 0.3) is 0 Å². The topological polar surface area (TPSA) is 50.4 Å². The number of nitrogens with one attached hydrogen (secondary N) is 2. The van der Waals surface area contributed by atoms with Gasteiger partial charge in [-0.05, 0) is 61.6 Å². The Morgan fingerprint density at radius 3 is 2.44 bits per heavy atom. The minimum absolute atomic E-state index is 0.0853. The zero-order valence-corrected chi connectivity index (χ0v) is 20.2. The molecule has 1 aliphatic carbocycles. The number of Topliss-reactive ketones (excluding diaryl/α,β-unsaturated/α-hetero) is 1. The number of hydrogen-bond donors (Lipinski definition) is 2. The first kappa shape index (κ1) is 22.5. The van der Waals surface area contributed by atoms with Gasteiger partial charge >= 0.3 is 0 Å². The molecule has 0 saturated carbocycles. The first-order valence-corrected chi connectivity index (χ1v) is 12.3. The molecular formula is C29H29ClN2O2. The Kier molecular flexibility index (Phi) is 6.34. The number of carbonyl (C=O) groups is 1. The van der Waals surface area contributed by atoms with Crippen LogP contribution < -0.4 is 15.4 Å². The fourth-order valence-electron chi connectivity index (χ4n) is 4.82. The number of anilines is 2. The average molecular weight is 473 g/mol. The van der Waals surface area contributed by atoms with Crippen LogP contribution in [0.4, 0.5) is 11.4 Å². The van der Waals surface area contributed by atoms with E-state index in [-0.39, 0.29) is 23.8 Å². The normalized spacial score (nSPS) is 20.4. The van der Waals surface area contributed by atoms with Gasteiger partial charge in [-0.1, -0.05) is 61.0 Å². The van der Waals surface area contributed by atoms with E-state index in [9.17, 15) is 4.79 Å². The third-order valence-corrected chi connectivity index (χ3v) is 7.04. The van der Waals surface area contributed by atoms with Crippen LogP contribution in [-0.4, -0.2) is 11.9 Å². The van der Waals surface area contributed by atoms with E-state index in [0.717, 1.165) is 52.4 Å². The summed E-state index contributed by atoms with van der Waals surface area (Å²) in [6.45, 7) is 4.18. The molecule has 0 fully saturated rings. The zero-order chi connectivity index (χ0) is 23.7. The van der Waals surface area contributed by atoms with E-state index in [1.165, 1.54) is 0 Å². The number of fused-ring (bicyclic) bond motifs is 1. The van der Waals surface area contributed by atoms with E-state index in [0.29, 0.717) is 11.4 Å². The van der Waals surface area contributed by atoms with Crippen molar-refractivity contribution in [2.24, 2.45) is 0 Å². The molecule has 5 rings (SSSR count). The second-order valence-corrected chi connectivity index (χ2v) is 9.53. The minimum atomic E-state index is -0.301. The van der Waals surface area contributed by atoms with Gasteiger partial charge in [-0.15, -0.1) is 0 Å². The standard InChI is InChI=1S/C29H29ClN2O2/c1-3-18(2)34-27-11-7-4-8-22(27)29-28-25(31-23-9-5-6-10-24(23)32-29)16-20(17-26(28)33)19-12-14-21(30)15-13-19/h4-15,18,20,29,31-32H,3,16-17H2,1-2H3. The van der Waals surface area contributed by atoms with Gasteiger partial charge < -0.3 is 15.4 Å². The fourth-order valence-corrected chi connectivity index (χ4v) is 4.95. The largest absolute Gasteiger partial charge is 0.490 e. The van der Waals surface area contributed by atoms with Crippen molar-refractivity contribution < 1.29 is 9.53 Å². The molecule has 0 bridgehead atoms. The van der Waals surface area contributed by atoms with E-state index in [1.54, 1.807) is 0 Å². The number of hydrogen-bond acceptors (Lipinski definition) is 4. The lowest BCUT2D eigenvalue weighted by atomic mass is 9.78. The van der Waals surface area contributed by atoms with Gasteiger partial charge in [-0.25, -0.2) is 0 Å². The maximum Gasteiger partial charge on any atom is 0.163 e. The van der Waals surface area contributed by atoms with Crippen LogP contribution in [0.5, 0.6) is 5.75 Å². The van der Waals surface area contributed by atoms with Gasteiger partial charge in [0.05, 0.1) is 23.5 Å². The quantitative estimate of drug-likeness (QED) is 0.403. The Bertz CT molecular complexity index is 1230. The van der Waals surface area contributed by atoms with Crippen LogP contribution in [0.3, 0.4) is 0 Å². The molecule has 3 aromatic rings. The first-order chi connectivity index (χ1) is 16.5. The van der Waals surface area contributed by atoms with Crippen molar-refractivity contribution in [3.05, 3.63) is 100 Å². The highest BCUT2D eigenvalue weighted by molar-refractivity contribution is 6.30. The number of halogens is 1. The van der Waals surface area contributed by atoms with E-state index in [1.807, 2.05) is 66.7 Å². The highest BCUT2D eigenvalue weighted by Crippen LogP contribution is 2.45. The molecule has 4 nitrogen and oxygen atoms in total. The van der Waals surface area contributed by atoms with Gasteiger partial charge in [0, 0.05) is 28.3 Å². The first-order valence-electron chi connectivity index (χ1n) is 11.9. The molecule has 5 heteroatoms. The predicted octanol–water partition coefficient (Wildman–Crippen LogP) is 7.50. The summed E-state index contributed by atoms with van der Waals surface area (Å²) in [5, 5.41) is 7.97. The lowest BCUT2D eigenvalue weighted by Crippen LogP contribution is -2.27. The number of allylic oxidation sites excluding steroid dienone is 1. The van der Waals surface area contributed by atoms with E-state index >= 15 is 0 Å². The Labute approximate surface area is 206 Å². The molecule has 2 aliphatic rings. The molecule has 0 aromatic heterocycles. The van der Waals surface area contributed by atoms with Crippen molar-refractivity contribution in [3.8, 4) is 5.75 Å². The van der Waals surface area contributed by atoms with Crippen LogP contribution in [0.2, 0.25) is 5.02 Å². The number of ketones is 1. The zero-order valence-electron chi connectivity index (χ0n) is 19.5. The van der Waals surface area contributed by atoms with Crippen LogP contribution in [0, 0.1) is 0 Å². The molecule has 3 atom stereocenters. The summed E-state index contributed by atoms with van der Waals surface area (Å²) in [5.41, 5.74) is 5.82. The Hall–Kier alpha value is -3.24. The number of benzene rings is 3. The van der Waals surface area contributed by atoms with Crippen molar-refractivity contribution in [1.29, 1.82) is 0 Å². The van der Waals surface area contributed by atoms with Crippen molar-refractivity contribution >= 4 is 28.8 Å². The van der Waals surface area contributed by atoms with Crippen molar-refractivity contribution in [3.63, 3.8) is 0 Å². The Morgan fingerprint density at radius 2 is 1.68 bits per heavy atom. The van der Waals surface area contributed by atoms with Crippen molar-refractivity contribution in [1.82, 2.24) is 0 Å². The van der Waals surface area contributed by atoms with E-state index < -0.39 is 0 Å². The lowest BCUT2D eigenvalue weighted by Gasteiger charge is -2.31. The molecule has 34 heavy (non-hydrogen) atoms. The van der Waals surface area contributed by atoms with Crippen molar-refractivity contribution in [2.45, 2.75) is 51.2 Å². The summed E-state index contributed by atoms with van der Waals surface area (Å²) in [7, 11) is 0. The average Bonchev–Trinajstić information content (AvgIpc) is 3.01. The maximum absolute atomic E-state index is 13.8. The second kappa shape index (κ2) is 9.55. The van der Waals surface area contributed by atoms with Crippen LogP contribution in [0.15, 0.2) is 84.1 Å². The molecule has 1 heterocycles. The molecule has 3 unspecified atom stereocenters. The van der Waals surface area contributed by atoms with E-state index in [2.05, 4.69) is 30.5 Å². The Balaban J connectivity index is 1.60. The monoisotopic (exact) mass is 472 g/mol. The summed E-state index contributed by atoms with van der Waals surface area (Å²) in [5.74, 6) is 1.07. The molecule has 2 N–H and O–H groups in total. The summed E-state index contributed by atoms with van der Waals surface area (Å²) >= 11 is 6.11. The van der Waals surface area contributed by atoms with Crippen LogP contribution in [-0.2, 0) is 4.79 Å². The van der Waals surface area contributed by atoms with Crippen LogP contribution in [0.1, 0.15) is 56.2 Å². The van der Waals surface area contributed by atoms with Gasteiger partial charge in [0.1, 0.15) is 5.75 Å². The second-order valence-electron chi connectivity index (χ2n) is 9.09. The van der Waals surface area contributed by atoms with Gasteiger partial charge in [0.2, 0.25) is 0 Å². The molecule has 0 amide bonds. The summed E-state index contributed by atoms with van der Waals surface area (Å²) < 4.78 is 6.29. The number of rotatable bonds is 5. The van der Waals surface area contributed by atoms with Gasteiger partial charge in [0.15, 0.2) is 5.78 Å². The molecule has 0 spiro atoms. The summed E-state index contributed by atoms with van der Waals surface area (Å²) in [6, 6.07) is 23.7. The molecule has 174 valence electrons. The highest BCUT2D eigenvalue weighted by Gasteiger charge is 2.37. The SMILES string of the molecule is CCC(C)Oc1ccccc1C1Nc2ccccc2NC2=C1C(=O)CC(c1ccc(Cl)cc1)C2. The fraction of sp³-hybridized carbons (Fsp3) is 0.276. The number of carbonyl (C=O) groups excluding carboxylic acids is 1.